The Balaban J connectivity index is 2.49. The second-order valence-electron chi connectivity index (χ2n) is 3.90. The van der Waals surface area contributed by atoms with Gasteiger partial charge in [0.25, 0.3) is 0 Å². The molecule has 0 radical (unpaired) electrons. The van der Waals surface area contributed by atoms with E-state index in [4.69, 9.17) is 5.14 Å². The number of sulfonamides is 1. The SMILES string of the molecule is CCCCC1CC1(C)S(N)(=O)=O. The molecule has 12 heavy (non-hydrogen) atoms. The molecule has 0 aliphatic heterocycles. The topological polar surface area (TPSA) is 60.2 Å². The summed E-state index contributed by atoms with van der Waals surface area (Å²) in [6.45, 7) is 3.86. The minimum atomic E-state index is -3.31. The molecule has 0 amide bonds. The van der Waals surface area contributed by atoms with Crippen molar-refractivity contribution < 1.29 is 8.42 Å². The maximum absolute atomic E-state index is 11.1. The summed E-state index contributed by atoms with van der Waals surface area (Å²) in [6, 6.07) is 0. The van der Waals surface area contributed by atoms with Crippen molar-refractivity contribution in [1.29, 1.82) is 0 Å². The van der Waals surface area contributed by atoms with Gasteiger partial charge in [-0.05, 0) is 25.7 Å². The Morgan fingerprint density at radius 3 is 2.50 bits per heavy atom. The normalized spacial score (nSPS) is 35.1. The highest BCUT2D eigenvalue weighted by Gasteiger charge is 2.57. The maximum atomic E-state index is 11.1. The van der Waals surface area contributed by atoms with Crippen LogP contribution in [0.5, 0.6) is 0 Å². The number of primary sulfonamides is 1. The molecular formula is C8H17NO2S. The minimum absolute atomic E-state index is 0.312. The van der Waals surface area contributed by atoms with E-state index in [1.807, 2.05) is 0 Å². The smallest absolute Gasteiger partial charge is 0.214 e. The molecule has 1 aliphatic carbocycles. The van der Waals surface area contributed by atoms with E-state index in [9.17, 15) is 8.42 Å². The molecule has 1 aliphatic rings. The number of nitrogens with two attached hydrogens (primary N) is 1. The van der Waals surface area contributed by atoms with Crippen LogP contribution in [0.25, 0.3) is 0 Å². The lowest BCUT2D eigenvalue weighted by molar-refractivity contribution is 0.564. The fourth-order valence-electron chi connectivity index (χ4n) is 1.64. The van der Waals surface area contributed by atoms with Gasteiger partial charge in [0.15, 0.2) is 0 Å². The molecule has 0 saturated heterocycles. The summed E-state index contributed by atoms with van der Waals surface area (Å²) in [5.41, 5.74) is 0. The summed E-state index contributed by atoms with van der Waals surface area (Å²) in [5, 5.41) is 5.11. The monoisotopic (exact) mass is 191 g/mol. The predicted molar refractivity (Wildman–Crippen MR) is 49.1 cm³/mol. The van der Waals surface area contributed by atoms with Crippen LogP contribution in [0, 0.1) is 5.92 Å². The largest absolute Gasteiger partial charge is 0.228 e. The van der Waals surface area contributed by atoms with E-state index in [-0.39, 0.29) is 0 Å². The minimum Gasteiger partial charge on any atom is -0.228 e. The van der Waals surface area contributed by atoms with Gasteiger partial charge < -0.3 is 0 Å². The fourth-order valence-corrected chi connectivity index (χ4v) is 2.65. The van der Waals surface area contributed by atoms with Crippen molar-refractivity contribution in [3.05, 3.63) is 0 Å². The summed E-state index contributed by atoms with van der Waals surface area (Å²) in [7, 11) is -3.31. The first kappa shape index (κ1) is 9.99. The van der Waals surface area contributed by atoms with Crippen LogP contribution >= 0.6 is 0 Å². The zero-order valence-corrected chi connectivity index (χ0v) is 8.52. The zero-order chi connectivity index (χ0) is 9.41. The molecular weight excluding hydrogens is 174 g/mol. The third kappa shape index (κ3) is 1.64. The van der Waals surface area contributed by atoms with E-state index in [1.54, 1.807) is 6.92 Å². The molecule has 0 aromatic heterocycles. The highest BCUT2D eigenvalue weighted by molar-refractivity contribution is 7.90. The number of hydrogen-bond acceptors (Lipinski definition) is 2. The van der Waals surface area contributed by atoms with Crippen LogP contribution in [-0.2, 0) is 10.0 Å². The van der Waals surface area contributed by atoms with Gasteiger partial charge in [0, 0.05) is 0 Å². The van der Waals surface area contributed by atoms with Crippen molar-refractivity contribution >= 4 is 10.0 Å². The molecule has 0 aromatic carbocycles. The molecule has 0 aromatic rings. The zero-order valence-electron chi connectivity index (χ0n) is 7.71. The van der Waals surface area contributed by atoms with Crippen LogP contribution in [0.15, 0.2) is 0 Å². The summed E-state index contributed by atoms with van der Waals surface area (Å²) in [6.07, 6.45) is 3.99. The first-order valence-electron chi connectivity index (χ1n) is 4.44. The highest BCUT2D eigenvalue weighted by Crippen LogP contribution is 2.51. The van der Waals surface area contributed by atoms with E-state index < -0.39 is 14.8 Å². The van der Waals surface area contributed by atoms with Crippen molar-refractivity contribution in [2.45, 2.75) is 44.3 Å². The lowest BCUT2D eigenvalue weighted by Crippen LogP contribution is -2.29. The summed E-state index contributed by atoms with van der Waals surface area (Å²) in [4.78, 5) is 0. The van der Waals surface area contributed by atoms with Crippen molar-refractivity contribution in [3.63, 3.8) is 0 Å². The number of hydrogen-bond donors (Lipinski definition) is 1. The van der Waals surface area contributed by atoms with Gasteiger partial charge in [-0.1, -0.05) is 19.8 Å². The van der Waals surface area contributed by atoms with Gasteiger partial charge in [0.1, 0.15) is 0 Å². The van der Waals surface area contributed by atoms with Crippen molar-refractivity contribution in [1.82, 2.24) is 0 Å². The predicted octanol–water partition coefficient (Wildman–Crippen LogP) is 1.24. The Morgan fingerprint density at radius 1 is 1.58 bits per heavy atom. The van der Waals surface area contributed by atoms with Gasteiger partial charge in [0.2, 0.25) is 10.0 Å². The number of rotatable bonds is 4. The molecule has 1 saturated carbocycles. The lowest BCUT2D eigenvalue weighted by atomic mass is 10.1. The lowest BCUT2D eigenvalue weighted by Gasteiger charge is -2.07. The molecule has 0 heterocycles. The maximum Gasteiger partial charge on any atom is 0.214 e. The Hall–Kier alpha value is -0.0900. The Labute approximate surface area is 74.4 Å². The number of unbranched alkanes of at least 4 members (excludes halogenated alkanes) is 1. The molecule has 2 unspecified atom stereocenters. The molecule has 2 N–H and O–H groups in total. The average molecular weight is 191 g/mol. The van der Waals surface area contributed by atoms with Crippen LogP contribution in [0.4, 0.5) is 0 Å². The average Bonchev–Trinajstić information content (AvgIpc) is 2.58. The highest BCUT2D eigenvalue weighted by atomic mass is 32.2. The Bertz CT molecular complexity index is 260. The molecule has 1 rings (SSSR count). The van der Waals surface area contributed by atoms with Crippen LogP contribution < -0.4 is 5.14 Å². The standard InChI is InChI=1S/C8H17NO2S/c1-3-4-5-7-6-8(7,2)12(9,10)11/h7H,3-6H2,1-2H3,(H2,9,10,11). The van der Waals surface area contributed by atoms with Crippen LogP contribution in [0.2, 0.25) is 0 Å². The first-order chi connectivity index (χ1) is 5.42. The van der Waals surface area contributed by atoms with Crippen molar-refractivity contribution in [2.24, 2.45) is 11.1 Å². The Morgan fingerprint density at radius 2 is 2.17 bits per heavy atom. The Kier molecular flexibility index (Phi) is 2.50. The van der Waals surface area contributed by atoms with Gasteiger partial charge in [-0.2, -0.15) is 0 Å². The van der Waals surface area contributed by atoms with E-state index in [1.165, 1.54) is 0 Å². The summed E-state index contributed by atoms with van der Waals surface area (Å²) < 4.78 is 21.5. The van der Waals surface area contributed by atoms with Gasteiger partial charge in [-0.25, -0.2) is 13.6 Å². The molecule has 2 atom stereocenters. The van der Waals surface area contributed by atoms with Crippen molar-refractivity contribution in [3.8, 4) is 0 Å². The van der Waals surface area contributed by atoms with Gasteiger partial charge in [-0.15, -0.1) is 0 Å². The molecule has 1 fully saturated rings. The third-order valence-corrected chi connectivity index (χ3v) is 4.71. The molecule has 0 spiro atoms. The second-order valence-corrected chi connectivity index (χ2v) is 5.92. The second kappa shape index (κ2) is 3.00. The van der Waals surface area contributed by atoms with E-state index in [0.717, 1.165) is 25.7 Å². The van der Waals surface area contributed by atoms with Gasteiger partial charge in [0.05, 0.1) is 4.75 Å². The van der Waals surface area contributed by atoms with Crippen LogP contribution in [-0.4, -0.2) is 13.2 Å². The summed E-state index contributed by atoms with van der Waals surface area (Å²) >= 11 is 0. The molecule has 4 heteroatoms. The van der Waals surface area contributed by atoms with Gasteiger partial charge >= 0.3 is 0 Å². The molecule has 0 bridgehead atoms. The van der Waals surface area contributed by atoms with E-state index >= 15 is 0 Å². The quantitative estimate of drug-likeness (QED) is 0.727. The summed E-state index contributed by atoms with van der Waals surface area (Å²) in [5.74, 6) is 0.312. The molecule has 3 nitrogen and oxygen atoms in total. The molecule has 72 valence electrons. The van der Waals surface area contributed by atoms with Crippen LogP contribution in [0.1, 0.15) is 39.5 Å². The van der Waals surface area contributed by atoms with Crippen molar-refractivity contribution in [2.75, 3.05) is 0 Å². The fraction of sp³-hybridized carbons (Fsp3) is 1.00. The van der Waals surface area contributed by atoms with Crippen LogP contribution in [0.3, 0.4) is 0 Å². The first-order valence-corrected chi connectivity index (χ1v) is 5.99. The van der Waals surface area contributed by atoms with E-state index in [2.05, 4.69) is 6.92 Å². The van der Waals surface area contributed by atoms with E-state index in [0.29, 0.717) is 5.92 Å². The van der Waals surface area contributed by atoms with Gasteiger partial charge in [-0.3, -0.25) is 0 Å². The third-order valence-electron chi connectivity index (χ3n) is 2.91.